The summed E-state index contributed by atoms with van der Waals surface area (Å²) in [6.07, 6.45) is 2.59. The van der Waals surface area contributed by atoms with Gasteiger partial charge in [-0.15, -0.1) is 0 Å². The van der Waals surface area contributed by atoms with Crippen LogP contribution < -0.4 is 16.2 Å². The molecule has 3 rings (SSSR count). The maximum atomic E-state index is 13.5. The molecule has 1 fully saturated rings. The number of hydrogen-bond donors (Lipinski definition) is 1. The van der Waals surface area contributed by atoms with Crippen molar-refractivity contribution in [2.45, 2.75) is 44.1 Å². The molecule has 2 N–H and O–H groups in total. The Labute approximate surface area is 212 Å². The number of nitrogens with two attached hydrogens (primary N) is 1. The van der Waals surface area contributed by atoms with Gasteiger partial charge in [0.05, 0.1) is 10.6 Å². The zero-order valence-corrected chi connectivity index (χ0v) is 22.4. The SMILES string of the molecule is CN(C)S(=O)(=O)c1ccc(-n2cc(CCCN)nc(N3CCN(C(=O)OC(C)(C)C)CC3)c2=O)cc1. The Morgan fingerprint density at radius 2 is 1.72 bits per heavy atom. The lowest BCUT2D eigenvalue weighted by Crippen LogP contribution is -2.51. The lowest BCUT2D eigenvalue weighted by molar-refractivity contribution is 0.0240. The second-order valence-electron chi connectivity index (χ2n) is 9.86. The molecule has 0 saturated carbocycles. The third-order valence-corrected chi connectivity index (χ3v) is 7.53. The highest BCUT2D eigenvalue weighted by molar-refractivity contribution is 7.89. The number of amides is 1. The lowest BCUT2D eigenvalue weighted by atomic mass is 10.2. The largest absolute Gasteiger partial charge is 0.444 e. The van der Waals surface area contributed by atoms with Crippen LogP contribution in [-0.2, 0) is 21.2 Å². The summed E-state index contributed by atoms with van der Waals surface area (Å²) in [5, 5.41) is 0. The Morgan fingerprint density at radius 3 is 2.25 bits per heavy atom. The maximum Gasteiger partial charge on any atom is 0.410 e. The Balaban J connectivity index is 1.90. The monoisotopic (exact) mass is 520 g/mol. The fraction of sp³-hybridized carbons (Fsp3) is 0.542. The van der Waals surface area contributed by atoms with Gasteiger partial charge >= 0.3 is 6.09 Å². The average molecular weight is 521 g/mol. The van der Waals surface area contributed by atoms with Gasteiger partial charge in [0.1, 0.15) is 5.60 Å². The number of aromatic nitrogens is 2. The van der Waals surface area contributed by atoms with Gasteiger partial charge in [-0.2, -0.15) is 0 Å². The lowest BCUT2D eigenvalue weighted by Gasteiger charge is -2.36. The summed E-state index contributed by atoms with van der Waals surface area (Å²) in [6, 6.07) is 6.18. The van der Waals surface area contributed by atoms with Crippen molar-refractivity contribution in [1.29, 1.82) is 0 Å². The van der Waals surface area contributed by atoms with E-state index in [1.807, 2.05) is 25.7 Å². The van der Waals surface area contributed by atoms with Crippen molar-refractivity contribution < 1.29 is 17.9 Å². The van der Waals surface area contributed by atoms with E-state index in [9.17, 15) is 18.0 Å². The van der Waals surface area contributed by atoms with Crippen LogP contribution in [0.15, 0.2) is 40.2 Å². The molecule has 0 spiro atoms. The Morgan fingerprint density at radius 1 is 1.11 bits per heavy atom. The summed E-state index contributed by atoms with van der Waals surface area (Å²) in [4.78, 5) is 34.2. The molecular formula is C24H36N6O5S. The summed E-state index contributed by atoms with van der Waals surface area (Å²) in [7, 11) is -0.651. The summed E-state index contributed by atoms with van der Waals surface area (Å²) in [5.74, 6) is 0.290. The van der Waals surface area contributed by atoms with E-state index >= 15 is 0 Å². The zero-order chi connectivity index (χ0) is 26.7. The molecule has 0 radical (unpaired) electrons. The first-order chi connectivity index (χ1) is 16.8. The molecule has 1 aliphatic heterocycles. The van der Waals surface area contributed by atoms with E-state index in [1.54, 1.807) is 23.2 Å². The van der Waals surface area contributed by atoms with E-state index in [4.69, 9.17) is 10.5 Å². The number of sulfonamides is 1. The molecule has 2 heterocycles. The van der Waals surface area contributed by atoms with Gasteiger partial charge in [0.25, 0.3) is 5.56 Å². The van der Waals surface area contributed by atoms with Crippen LogP contribution in [0, 0.1) is 0 Å². The van der Waals surface area contributed by atoms with Crippen molar-refractivity contribution in [3.63, 3.8) is 0 Å². The smallest absolute Gasteiger partial charge is 0.410 e. The number of carbonyl (C=O) groups is 1. The number of anilines is 1. The first kappa shape index (κ1) is 27.6. The van der Waals surface area contributed by atoms with E-state index in [2.05, 4.69) is 4.98 Å². The molecule has 198 valence electrons. The molecule has 0 aliphatic carbocycles. The van der Waals surface area contributed by atoms with E-state index < -0.39 is 15.6 Å². The van der Waals surface area contributed by atoms with E-state index in [1.165, 1.54) is 30.8 Å². The molecule has 0 unspecified atom stereocenters. The van der Waals surface area contributed by atoms with Crippen LogP contribution in [0.2, 0.25) is 0 Å². The minimum absolute atomic E-state index is 0.139. The molecule has 1 aromatic heterocycles. The van der Waals surface area contributed by atoms with Crippen LogP contribution in [0.3, 0.4) is 0 Å². The molecule has 11 nitrogen and oxygen atoms in total. The molecule has 1 saturated heterocycles. The normalized spacial score (nSPS) is 14.9. The third-order valence-electron chi connectivity index (χ3n) is 5.70. The molecule has 36 heavy (non-hydrogen) atoms. The summed E-state index contributed by atoms with van der Waals surface area (Å²) < 4.78 is 32.9. The van der Waals surface area contributed by atoms with Crippen molar-refractivity contribution in [2.75, 3.05) is 51.7 Å². The fourth-order valence-corrected chi connectivity index (χ4v) is 4.65. The Bertz CT molecular complexity index is 1230. The zero-order valence-electron chi connectivity index (χ0n) is 21.6. The molecule has 2 aromatic rings. The van der Waals surface area contributed by atoms with Gasteiger partial charge in [0.15, 0.2) is 5.82 Å². The predicted octanol–water partition coefficient (Wildman–Crippen LogP) is 1.43. The quantitative estimate of drug-likeness (QED) is 0.580. The van der Waals surface area contributed by atoms with Crippen molar-refractivity contribution in [3.8, 4) is 5.69 Å². The topological polar surface area (TPSA) is 131 Å². The maximum absolute atomic E-state index is 13.5. The number of carbonyl (C=O) groups excluding carboxylic acids is 1. The van der Waals surface area contributed by atoms with Gasteiger partial charge in [0.2, 0.25) is 10.0 Å². The van der Waals surface area contributed by atoms with Gasteiger partial charge in [-0.05, 0) is 64.4 Å². The molecule has 1 aromatic carbocycles. The summed E-state index contributed by atoms with van der Waals surface area (Å²) in [6.45, 7) is 7.63. The van der Waals surface area contributed by atoms with E-state index in [0.717, 1.165) is 4.31 Å². The van der Waals surface area contributed by atoms with Crippen LogP contribution in [0.1, 0.15) is 32.9 Å². The Kier molecular flexibility index (Phi) is 8.42. The summed E-state index contributed by atoms with van der Waals surface area (Å²) in [5.41, 5.74) is 6.02. The molecule has 12 heteroatoms. The van der Waals surface area contributed by atoms with Crippen LogP contribution in [-0.4, -0.2) is 85.7 Å². The summed E-state index contributed by atoms with van der Waals surface area (Å²) >= 11 is 0. The number of piperazine rings is 1. The first-order valence-electron chi connectivity index (χ1n) is 11.9. The van der Waals surface area contributed by atoms with E-state index in [-0.39, 0.29) is 16.5 Å². The van der Waals surface area contributed by atoms with Crippen LogP contribution in [0.5, 0.6) is 0 Å². The van der Waals surface area contributed by atoms with Gasteiger partial charge in [-0.25, -0.2) is 22.5 Å². The fourth-order valence-electron chi connectivity index (χ4n) is 3.75. The van der Waals surface area contributed by atoms with Crippen molar-refractivity contribution >= 4 is 21.9 Å². The van der Waals surface area contributed by atoms with Gasteiger partial charge in [-0.1, -0.05) is 0 Å². The third kappa shape index (κ3) is 6.42. The second-order valence-corrected chi connectivity index (χ2v) is 12.0. The molecule has 1 aliphatic rings. The molecular weight excluding hydrogens is 484 g/mol. The highest BCUT2D eigenvalue weighted by Crippen LogP contribution is 2.19. The highest BCUT2D eigenvalue weighted by atomic mass is 32.2. The van der Waals surface area contributed by atoms with Crippen molar-refractivity contribution in [2.24, 2.45) is 5.73 Å². The average Bonchev–Trinajstić information content (AvgIpc) is 2.82. The van der Waals surface area contributed by atoms with Crippen LogP contribution in [0.25, 0.3) is 5.69 Å². The Hall–Kier alpha value is -2.96. The molecule has 1 amide bonds. The minimum Gasteiger partial charge on any atom is -0.444 e. The standard InChI is InChI=1S/C24H36N6O5S/c1-24(2,3)35-23(32)29-15-13-28(14-16-29)21-22(31)30(17-18(26-21)7-6-12-25)19-8-10-20(11-9-19)36(33,34)27(4)5/h8-11,17H,6-7,12-16,25H2,1-5H3. The number of hydrogen-bond acceptors (Lipinski definition) is 8. The number of nitrogens with zero attached hydrogens (tertiary/aromatic N) is 5. The number of ether oxygens (including phenoxy) is 1. The first-order valence-corrected chi connectivity index (χ1v) is 13.4. The van der Waals surface area contributed by atoms with Crippen LogP contribution >= 0.6 is 0 Å². The van der Waals surface area contributed by atoms with Gasteiger partial charge in [0, 0.05) is 52.2 Å². The number of aryl methyl sites for hydroxylation is 1. The minimum atomic E-state index is -3.59. The number of rotatable bonds is 7. The highest BCUT2D eigenvalue weighted by Gasteiger charge is 2.28. The van der Waals surface area contributed by atoms with Crippen LogP contribution in [0.4, 0.5) is 10.6 Å². The van der Waals surface area contributed by atoms with Crippen molar-refractivity contribution in [1.82, 2.24) is 18.8 Å². The van der Waals surface area contributed by atoms with Gasteiger partial charge < -0.3 is 20.3 Å². The molecule has 0 atom stereocenters. The molecule has 0 bridgehead atoms. The van der Waals surface area contributed by atoms with E-state index in [0.29, 0.717) is 62.8 Å². The second kappa shape index (κ2) is 11.0. The number of benzene rings is 1. The van der Waals surface area contributed by atoms with Crippen molar-refractivity contribution in [3.05, 3.63) is 46.5 Å². The predicted molar refractivity (Wildman–Crippen MR) is 138 cm³/mol. The van der Waals surface area contributed by atoms with Gasteiger partial charge in [-0.3, -0.25) is 9.36 Å².